The third-order valence-corrected chi connectivity index (χ3v) is 1.98. The summed E-state index contributed by atoms with van der Waals surface area (Å²) in [5, 5.41) is 10.4. The van der Waals surface area contributed by atoms with Crippen molar-refractivity contribution in [2.75, 3.05) is 14.1 Å². The Kier molecular flexibility index (Phi) is 3.21. The summed E-state index contributed by atoms with van der Waals surface area (Å²) in [7, 11) is 3.00. The fourth-order valence-corrected chi connectivity index (χ4v) is 1.24. The molecule has 0 radical (unpaired) electrons. The van der Waals surface area contributed by atoms with E-state index < -0.39 is 16.5 Å². The van der Waals surface area contributed by atoms with Crippen molar-refractivity contribution < 1.29 is 9.72 Å². The predicted molar refractivity (Wildman–Crippen MR) is 53.9 cm³/mol. The van der Waals surface area contributed by atoms with Gasteiger partial charge >= 0.3 is 5.69 Å². The first-order valence-corrected chi connectivity index (χ1v) is 4.33. The van der Waals surface area contributed by atoms with Gasteiger partial charge in [-0.25, -0.2) is 4.98 Å². The number of carbonyl (C=O) groups is 1. The summed E-state index contributed by atoms with van der Waals surface area (Å²) in [5.41, 5.74) is -0.525. The predicted octanol–water partition coefficient (Wildman–Crippen LogP) is 1.34. The van der Waals surface area contributed by atoms with Crippen molar-refractivity contribution in [2.24, 2.45) is 0 Å². The highest BCUT2D eigenvalue weighted by molar-refractivity contribution is 6.32. The molecule has 0 aliphatic heterocycles. The molecule has 0 saturated heterocycles. The molecule has 0 fully saturated rings. The molecule has 0 spiro atoms. The maximum Gasteiger partial charge on any atom is 0.319 e. The lowest BCUT2D eigenvalue weighted by molar-refractivity contribution is -0.385. The molecule has 0 saturated carbocycles. The minimum Gasteiger partial charge on any atom is -0.345 e. The van der Waals surface area contributed by atoms with Crippen molar-refractivity contribution in [1.29, 1.82) is 0 Å². The molecule has 1 aromatic rings. The highest BCUT2D eigenvalue weighted by atomic mass is 35.5. The van der Waals surface area contributed by atoms with Crippen LogP contribution in [0.5, 0.6) is 0 Å². The first kappa shape index (κ1) is 11.4. The van der Waals surface area contributed by atoms with Gasteiger partial charge in [0.2, 0.25) is 5.15 Å². The lowest BCUT2D eigenvalue weighted by Gasteiger charge is -2.10. The Balaban J connectivity index is 3.35. The number of pyridine rings is 1. The van der Waals surface area contributed by atoms with Crippen molar-refractivity contribution in [3.05, 3.63) is 33.1 Å². The topological polar surface area (TPSA) is 76.3 Å². The molecule has 0 unspecified atom stereocenters. The van der Waals surface area contributed by atoms with E-state index in [2.05, 4.69) is 4.98 Å². The molecule has 0 aromatic carbocycles. The Morgan fingerprint density at radius 1 is 1.60 bits per heavy atom. The van der Waals surface area contributed by atoms with E-state index in [1.807, 2.05) is 0 Å². The average molecular weight is 230 g/mol. The maximum atomic E-state index is 11.6. The van der Waals surface area contributed by atoms with Gasteiger partial charge in [0.15, 0.2) is 0 Å². The highest BCUT2D eigenvalue weighted by Crippen LogP contribution is 2.26. The summed E-state index contributed by atoms with van der Waals surface area (Å²) >= 11 is 5.55. The fraction of sp³-hybridized carbons (Fsp3) is 0.250. The number of aromatic nitrogens is 1. The van der Waals surface area contributed by atoms with Crippen LogP contribution >= 0.6 is 11.6 Å². The van der Waals surface area contributed by atoms with Crippen LogP contribution in [0.1, 0.15) is 10.4 Å². The van der Waals surface area contributed by atoms with Crippen molar-refractivity contribution in [3.8, 4) is 0 Å². The quantitative estimate of drug-likeness (QED) is 0.436. The second kappa shape index (κ2) is 4.22. The largest absolute Gasteiger partial charge is 0.345 e. The van der Waals surface area contributed by atoms with Crippen molar-refractivity contribution in [1.82, 2.24) is 9.88 Å². The Bertz CT molecular complexity index is 420. The van der Waals surface area contributed by atoms with Crippen LogP contribution in [-0.2, 0) is 0 Å². The summed E-state index contributed by atoms with van der Waals surface area (Å²) < 4.78 is 0. The molecule has 1 heterocycles. The van der Waals surface area contributed by atoms with Gasteiger partial charge in [0.1, 0.15) is 5.56 Å². The fourth-order valence-electron chi connectivity index (χ4n) is 1.02. The molecule has 7 heteroatoms. The van der Waals surface area contributed by atoms with Crippen molar-refractivity contribution in [3.63, 3.8) is 0 Å². The molecule has 80 valence electrons. The lowest BCUT2D eigenvalue weighted by Crippen LogP contribution is -2.22. The van der Waals surface area contributed by atoms with E-state index in [9.17, 15) is 14.9 Å². The zero-order valence-electron chi connectivity index (χ0n) is 8.10. The lowest BCUT2D eigenvalue weighted by atomic mass is 10.2. The van der Waals surface area contributed by atoms with Gasteiger partial charge in [-0.05, 0) is 6.07 Å². The van der Waals surface area contributed by atoms with Gasteiger partial charge in [-0.15, -0.1) is 0 Å². The molecule has 0 aliphatic rings. The molecule has 0 aliphatic carbocycles. The molecule has 0 atom stereocenters. The molecule has 6 nitrogen and oxygen atoms in total. The van der Waals surface area contributed by atoms with Gasteiger partial charge in [-0.1, -0.05) is 11.6 Å². The van der Waals surface area contributed by atoms with Crippen LogP contribution in [0.25, 0.3) is 0 Å². The minimum atomic E-state index is -0.716. The van der Waals surface area contributed by atoms with Crippen LogP contribution in [-0.4, -0.2) is 34.8 Å². The van der Waals surface area contributed by atoms with Gasteiger partial charge < -0.3 is 4.90 Å². The number of hydrogen-bond acceptors (Lipinski definition) is 4. The van der Waals surface area contributed by atoms with Gasteiger partial charge in [-0.2, -0.15) is 0 Å². The smallest absolute Gasteiger partial charge is 0.319 e. The summed E-state index contributed by atoms with van der Waals surface area (Å²) in [6, 6.07) is 1.27. The number of rotatable bonds is 2. The van der Waals surface area contributed by atoms with E-state index in [-0.39, 0.29) is 10.7 Å². The zero-order valence-corrected chi connectivity index (χ0v) is 8.85. The summed E-state index contributed by atoms with van der Waals surface area (Å²) in [4.78, 5) is 26.3. The van der Waals surface area contributed by atoms with E-state index in [0.29, 0.717) is 0 Å². The SMILES string of the molecule is CN(C)C(=O)c1ccnc(Cl)c1[N+](=O)[O-]. The molecule has 15 heavy (non-hydrogen) atoms. The molecular weight excluding hydrogens is 222 g/mol. The van der Waals surface area contributed by atoms with E-state index in [1.54, 1.807) is 0 Å². The average Bonchev–Trinajstić information content (AvgIpc) is 2.15. The minimum absolute atomic E-state index is 0.0648. The van der Waals surface area contributed by atoms with Gasteiger partial charge in [-0.3, -0.25) is 14.9 Å². The first-order chi connectivity index (χ1) is 6.95. The standard InChI is InChI=1S/C8H8ClN3O3/c1-11(2)8(13)5-3-4-10-7(9)6(5)12(14)15/h3-4H,1-2H3. The normalized spacial score (nSPS) is 9.80. The molecule has 0 N–H and O–H groups in total. The van der Waals surface area contributed by atoms with E-state index in [1.165, 1.54) is 31.3 Å². The number of nitrogens with zero attached hydrogens (tertiary/aromatic N) is 3. The van der Waals surface area contributed by atoms with Crippen LogP contribution in [0.2, 0.25) is 5.15 Å². The Morgan fingerprint density at radius 3 is 2.67 bits per heavy atom. The van der Waals surface area contributed by atoms with E-state index >= 15 is 0 Å². The molecule has 1 amide bonds. The first-order valence-electron chi connectivity index (χ1n) is 3.95. The number of nitro groups is 1. The summed E-state index contributed by atoms with van der Waals surface area (Å²) in [5.74, 6) is -0.481. The molecule has 0 bridgehead atoms. The van der Waals surface area contributed by atoms with Crippen LogP contribution in [0.15, 0.2) is 12.3 Å². The van der Waals surface area contributed by atoms with Crippen LogP contribution in [0.4, 0.5) is 5.69 Å². The Hall–Kier alpha value is -1.69. The molecular formula is C8H8ClN3O3. The second-order valence-corrected chi connectivity index (χ2v) is 3.31. The van der Waals surface area contributed by atoms with Gasteiger partial charge in [0.25, 0.3) is 5.91 Å². The third-order valence-electron chi connectivity index (χ3n) is 1.70. The van der Waals surface area contributed by atoms with Crippen molar-refractivity contribution >= 4 is 23.2 Å². The molecule has 1 rings (SSSR count). The number of halogens is 1. The summed E-state index contributed by atoms with van der Waals surface area (Å²) in [6.07, 6.45) is 1.26. The number of amides is 1. The second-order valence-electron chi connectivity index (χ2n) is 2.95. The van der Waals surface area contributed by atoms with Crippen LogP contribution in [0.3, 0.4) is 0 Å². The molecule has 1 aromatic heterocycles. The zero-order chi connectivity index (χ0) is 11.6. The van der Waals surface area contributed by atoms with E-state index in [4.69, 9.17) is 11.6 Å². The Morgan fingerprint density at radius 2 is 2.20 bits per heavy atom. The maximum absolute atomic E-state index is 11.6. The van der Waals surface area contributed by atoms with E-state index in [0.717, 1.165) is 0 Å². The Labute approximate surface area is 90.6 Å². The number of hydrogen-bond donors (Lipinski definition) is 0. The van der Waals surface area contributed by atoms with Crippen molar-refractivity contribution in [2.45, 2.75) is 0 Å². The van der Waals surface area contributed by atoms with Gasteiger partial charge in [0, 0.05) is 20.3 Å². The van der Waals surface area contributed by atoms with Gasteiger partial charge in [0.05, 0.1) is 4.92 Å². The highest BCUT2D eigenvalue weighted by Gasteiger charge is 2.25. The van der Waals surface area contributed by atoms with Crippen LogP contribution < -0.4 is 0 Å². The third kappa shape index (κ3) is 2.21. The monoisotopic (exact) mass is 229 g/mol. The number of carbonyl (C=O) groups excluding carboxylic acids is 1. The van der Waals surface area contributed by atoms with Crippen LogP contribution in [0, 0.1) is 10.1 Å². The summed E-state index contributed by atoms with van der Waals surface area (Å²) in [6.45, 7) is 0.